The molecule has 3 rings (SSSR count). The minimum atomic E-state index is 0.881. The third-order valence-electron chi connectivity index (χ3n) is 2.77. The summed E-state index contributed by atoms with van der Waals surface area (Å²) < 4.78 is 3.26. The summed E-state index contributed by atoms with van der Waals surface area (Å²) in [5.41, 5.74) is 2.16. The van der Waals surface area contributed by atoms with Crippen molar-refractivity contribution in [2.45, 2.75) is 0 Å². The largest absolute Gasteiger partial charge is 0.318 e. The van der Waals surface area contributed by atoms with E-state index in [0.717, 1.165) is 10.4 Å². The van der Waals surface area contributed by atoms with Gasteiger partial charge in [-0.3, -0.25) is 4.98 Å². The lowest BCUT2D eigenvalue weighted by Gasteiger charge is -1.92. The van der Waals surface area contributed by atoms with Gasteiger partial charge in [-0.2, -0.15) is 5.10 Å². The molecule has 0 spiro atoms. The van der Waals surface area contributed by atoms with Crippen LogP contribution in [0.15, 0.2) is 59.0 Å². The average molecular weight is 268 g/mol. The third-order valence-corrected chi connectivity index (χ3v) is 3.87. The van der Waals surface area contributed by atoms with Crippen LogP contribution in [0.5, 0.6) is 0 Å². The minimum Gasteiger partial charge on any atom is -0.318 e. The number of thiazole rings is 1. The second-order valence-corrected chi connectivity index (χ2v) is 5.05. The van der Waals surface area contributed by atoms with Crippen LogP contribution in [-0.4, -0.2) is 15.8 Å². The van der Waals surface area contributed by atoms with Gasteiger partial charge in [0.05, 0.1) is 16.4 Å². The second-order valence-electron chi connectivity index (χ2n) is 4.04. The molecule has 4 nitrogen and oxygen atoms in total. The van der Waals surface area contributed by atoms with Crippen LogP contribution in [0, 0.1) is 0 Å². The fraction of sp³-hybridized carbons (Fsp3) is 0.0714. The summed E-state index contributed by atoms with van der Waals surface area (Å²) >= 11 is 1.63. The lowest BCUT2D eigenvalue weighted by Crippen LogP contribution is -2.08. The molecule has 0 aliphatic heterocycles. The van der Waals surface area contributed by atoms with E-state index in [1.54, 1.807) is 29.9 Å². The summed E-state index contributed by atoms with van der Waals surface area (Å²) in [6.45, 7) is 0. The molecule has 5 heteroatoms. The molecule has 0 saturated carbocycles. The fourth-order valence-electron chi connectivity index (χ4n) is 1.77. The first-order chi connectivity index (χ1) is 9.34. The maximum Gasteiger partial charge on any atom is 0.211 e. The van der Waals surface area contributed by atoms with E-state index >= 15 is 0 Å². The highest BCUT2D eigenvalue weighted by molar-refractivity contribution is 7.16. The standard InChI is InChI=1S/C14H12N4S/c1-18-12-4-2-3-5-13(12)19-14(18)17-16-10-11-6-8-15-9-7-11/h2-10H,1H3/b16-10+,17-14+. The van der Waals surface area contributed by atoms with Gasteiger partial charge in [-0.05, 0) is 29.8 Å². The van der Waals surface area contributed by atoms with Crippen LogP contribution < -0.4 is 4.80 Å². The molecule has 0 radical (unpaired) electrons. The summed E-state index contributed by atoms with van der Waals surface area (Å²) in [4.78, 5) is 4.84. The maximum absolute atomic E-state index is 4.27. The number of nitrogens with zero attached hydrogens (tertiary/aromatic N) is 4. The Morgan fingerprint density at radius 3 is 2.74 bits per heavy atom. The number of fused-ring (bicyclic) bond motifs is 1. The number of aryl methyl sites for hydroxylation is 1. The van der Waals surface area contributed by atoms with E-state index in [2.05, 4.69) is 27.3 Å². The van der Waals surface area contributed by atoms with E-state index in [1.165, 1.54) is 10.2 Å². The van der Waals surface area contributed by atoms with E-state index in [0.29, 0.717) is 0 Å². The molecule has 0 atom stereocenters. The third kappa shape index (κ3) is 2.46. The predicted molar refractivity (Wildman–Crippen MR) is 78.2 cm³/mol. The van der Waals surface area contributed by atoms with Gasteiger partial charge in [-0.25, -0.2) is 0 Å². The average Bonchev–Trinajstić information content (AvgIpc) is 2.78. The zero-order valence-corrected chi connectivity index (χ0v) is 11.2. The quantitative estimate of drug-likeness (QED) is 0.520. The van der Waals surface area contributed by atoms with E-state index < -0.39 is 0 Å². The predicted octanol–water partition coefficient (Wildman–Crippen LogP) is 2.57. The van der Waals surface area contributed by atoms with Gasteiger partial charge in [0.15, 0.2) is 0 Å². The molecule has 19 heavy (non-hydrogen) atoms. The van der Waals surface area contributed by atoms with Gasteiger partial charge in [0.25, 0.3) is 0 Å². The smallest absolute Gasteiger partial charge is 0.211 e. The van der Waals surface area contributed by atoms with Crippen LogP contribution in [0.1, 0.15) is 5.56 Å². The molecule has 0 amide bonds. The molecule has 0 bridgehead atoms. The van der Waals surface area contributed by atoms with Crippen molar-refractivity contribution in [3.05, 3.63) is 59.2 Å². The van der Waals surface area contributed by atoms with Gasteiger partial charge in [0, 0.05) is 19.4 Å². The maximum atomic E-state index is 4.27. The molecule has 0 N–H and O–H groups in total. The van der Waals surface area contributed by atoms with Crippen molar-refractivity contribution in [2.75, 3.05) is 0 Å². The minimum absolute atomic E-state index is 0.881. The Labute approximate surface area is 114 Å². The zero-order chi connectivity index (χ0) is 13.1. The Morgan fingerprint density at radius 2 is 1.95 bits per heavy atom. The molecule has 2 heterocycles. The molecule has 0 unspecified atom stereocenters. The van der Waals surface area contributed by atoms with Crippen LogP contribution in [0.25, 0.3) is 10.2 Å². The van der Waals surface area contributed by atoms with Gasteiger partial charge in [0.2, 0.25) is 4.80 Å². The van der Waals surface area contributed by atoms with Crippen LogP contribution in [0.4, 0.5) is 0 Å². The van der Waals surface area contributed by atoms with Crippen LogP contribution in [-0.2, 0) is 7.05 Å². The van der Waals surface area contributed by atoms with Gasteiger partial charge in [0.1, 0.15) is 0 Å². The van der Waals surface area contributed by atoms with Crippen LogP contribution in [0.2, 0.25) is 0 Å². The first-order valence-corrected chi connectivity index (χ1v) is 6.68. The van der Waals surface area contributed by atoms with E-state index in [4.69, 9.17) is 0 Å². The van der Waals surface area contributed by atoms with Gasteiger partial charge >= 0.3 is 0 Å². The number of pyridine rings is 1. The molecule has 1 aromatic carbocycles. The van der Waals surface area contributed by atoms with Crippen LogP contribution in [0.3, 0.4) is 0 Å². The molecule has 94 valence electrons. The van der Waals surface area contributed by atoms with Crippen molar-refractivity contribution in [3.63, 3.8) is 0 Å². The second kappa shape index (κ2) is 5.16. The van der Waals surface area contributed by atoms with Crippen molar-refractivity contribution in [3.8, 4) is 0 Å². The van der Waals surface area contributed by atoms with Gasteiger partial charge in [-0.1, -0.05) is 23.5 Å². The number of benzene rings is 1. The van der Waals surface area contributed by atoms with E-state index in [9.17, 15) is 0 Å². The molecular formula is C14H12N4S. The summed E-state index contributed by atoms with van der Waals surface area (Å²) in [6, 6.07) is 12.0. The normalized spacial score (nSPS) is 12.6. The molecular weight excluding hydrogens is 256 g/mol. The highest BCUT2D eigenvalue weighted by atomic mass is 32.1. The Kier molecular flexibility index (Phi) is 3.20. The fourth-order valence-corrected chi connectivity index (χ4v) is 2.75. The molecule has 0 aliphatic rings. The van der Waals surface area contributed by atoms with Gasteiger partial charge in [-0.15, -0.1) is 5.10 Å². The van der Waals surface area contributed by atoms with Crippen molar-refractivity contribution < 1.29 is 0 Å². The Bertz CT molecular complexity index is 784. The highest BCUT2D eigenvalue weighted by Gasteiger charge is 2.00. The van der Waals surface area contributed by atoms with E-state index in [1.807, 2.05) is 35.9 Å². The summed E-state index contributed by atoms with van der Waals surface area (Å²) in [5, 5.41) is 8.40. The number of rotatable bonds is 2. The number of hydrogen-bond acceptors (Lipinski definition) is 4. The SMILES string of the molecule is Cn1/c(=N\N=C\c2ccncc2)sc2ccccc21. The first-order valence-electron chi connectivity index (χ1n) is 5.86. The van der Waals surface area contributed by atoms with Crippen molar-refractivity contribution in [1.82, 2.24) is 9.55 Å². The van der Waals surface area contributed by atoms with Crippen molar-refractivity contribution >= 4 is 27.8 Å². The molecule has 0 fully saturated rings. The number of para-hydroxylation sites is 1. The lowest BCUT2D eigenvalue weighted by molar-refractivity contribution is 0.889. The van der Waals surface area contributed by atoms with Crippen LogP contribution >= 0.6 is 11.3 Å². The molecule has 3 aromatic rings. The summed E-state index contributed by atoms with van der Waals surface area (Å²) in [5.74, 6) is 0. The van der Waals surface area contributed by atoms with Crippen molar-refractivity contribution in [1.29, 1.82) is 0 Å². The number of hydrogen-bond donors (Lipinski definition) is 0. The molecule has 0 saturated heterocycles. The lowest BCUT2D eigenvalue weighted by atomic mass is 10.3. The molecule has 2 aromatic heterocycles. The highest BCUT2D eigenvalue weighted by Crippen LogP contribution is 2.14. The summed E-state index contributed by atoms with van der Waals surface area (Å²) in [6.07, 6.45) is 5.20. The van der Waals surface area contributed by atoms with Gasteiger partial charge < -0.3 is 4.57 Å². The number of aromatic nitrogens is 2. The monoisotopic (exact) mass is 268 g/mol. The molecule has 0 aliphatic carbocycles. The topological polar surface area (TPSA) is 42.5 Å². The Balaban J connectivity index is 1.98. The first kappa shape index (κ1) is 11.8. The Morgan fingerprint density at radius 1 is 1.16 bits per heavy atom. The summed E-state index contributed by atoms with van der Waals surface area (Å²) in [7, 11) is 2.00. The van der Waals surface area contributed by atoms with Crippen molar-refractivity contribution in [2.24, 2.45) is 17.3 Å². The Hall–Kier alpha value is -2.27. The zero-order valence-electron chi connectivity index (χ0n) is 10.4. The van der Waals surface area contributed by atoms with E-state index in [-0.39, 0.29) is 0 Å².